The molecule has 0 aliphatic rings. The van der Waals surface area contributed by atoms with Gasteiger partial charge in [-0.3, -0.25) is 0 Å². The van der Waals surface area contributed by atoms with Crippen LogP contribution in [0.2, 0.25) is 13.1 Å². The average molecular weight is 381 g/mol. The Morgan fingerprint density at radius 2 is 1.72 bits per heavy atom. The van der Waals surface area contributed by atoms with Crippen LogP contribution in [0.1, 0.15) is 60.3 Å². The molecule has 0 heterocycles. The van der Waals surface area contributed by atoms with Crippen molar-refractivity contribution in [2.24, 2.45) is 10.8 Å². The maximum atomic E-state index is 5.90. The zero-order valence-corrected chi connectivity index (χ0v) is 16.3. The molecule has 0 saturated carbocycles. The van der Waals surface area contributed by atoms with Crippen LogP contribution < -0.4 is 0 Å². The molecule has 1 atom stereocenters. The van der Waals surface area contributed by atoms with E-state index in [0.717, 1.165) is 3.77 Å². The smallest absolute Gasteiger partial charge is 0.274 e. The van der Waals surface area contributed by atoms with E-state index in [1.54, 1.807) is 0 Å². The summed E-state index contributed by atoms with van der Waals surface area (Å²) < 4.78 is 6.98. The molecule has 0 aromatic heterocycles. The average Bonchev–Trinajstić information content (AvgIpc) is 2.14. The Morgan fingerprint density at radius 1 is 1.17 bits per heavy atom. The molecule has 1 nitrogen and oxygen atoms in total. The molecule has 0 saturated heterocycles. The molecule has 0 amide bonds. The molecule has 0 fully saturated rings. The summed E-state index contributed by atoms with van der Waals surface area (Å²) in [4.78, 5) is 0. The van der Waals surface area contributed by atoms with Crippen molar-refractivity contribution in [1.29, 1.82) is 0 Å². The van der Waals surface area contributed by atoms with E-state index in [0.29, 0.717) is 0 Å². The number of hydrogen-bond donors (Lipinski definition) is 0. The molecule has 3 heteroatoms. The van der Waals surface area contributed by atoms with Crippen LogP contribution in [-0.2, 0) is 4.43 Å². The first-order valence-electron chi connectivity index (χ1n) is 6.99. The van der Waals surface area contributed by atoms with Crippen molar-refractivity contribution in [3.05, 3.63) is 9.84 Å². The van der Waals surface area contributed by atoms with Gasteiger partial charge in [0, 0.05) is 0 Å². The van der Waals surface area contributed by atoms with Gasteiger partial charge in [-0.05, 0) is 59.0 Å². The Balaban J connectivity index is 4.87. The lowest BCUT2D eigenvalue weighted by Crippen LogP contribution is -2.31. The fourth-order valence-electron chi connectivity index (χ4n) is 1.88. The van der Waals surface area contributed by atoms with Gasteiger partial charge in [-0.15, -0.1) is 0 Å². The summed E-state index contributed by atoms with van der Waals surface area (Å²) in [7, 11) is -0.651. The van der Waals surface area contributed by atoms with E-state index in [1.807, 2.05) is 0 Å². The van der Waals surface area contributed by atoms with Crippen LogP contribution in [0.15, 0.2) is 9.84 Å². The Hall–Kier alpha value is 0.487. The predicted molar refractivity (Wildman–Crippen MR) is 92.4 cm³/mol. The highest BCUT2D eigenvalue weighted by Crippen LogP contribution is 2.45. The highest BCUT2D eigenvalue weighted by Gasteiger charge is 2.35. The summed E-state index contributed by atoms with van der Waals surface area (Å²) in [6.07, 6.45) is 7.53. The van der Waals surface area contributed by atoms with Crippen molar-refractivity contribution < 1.29 is 4.43 Å². The van der Waals surface area contributed by atoms with E-state index >= 15 is 0 Å². The highest BCUT2D eigenvalue weighted by atomic mass is 127. The van der Waals surface area contributed by atoms with Crippen LogP contribution in [-0.4, -0.2) is 9.04 Å². The van der Waals surface area contributed by atoms with Crippen LogP contribution in [0.3, 0.4) is 0 Å². The molecule has 0 bridgehead atoms. The van der Waals surface area contributed by atoms with E-state index in [-0.39, 0.29) is 10.8 Å². The summed E-state index contributed by atoms with van der Waals surface area (Å²) in [5, 5.41) is 0. The van der Waals surface area contributed by atoms with Gasteiger partial charge >= 0.3 is 0 Å². The van der Waals surface area contributed by atoms with Crippen LogP contribution >= 0.6 is 22.6 Å². The first kappa shape index (κ1) is 18.5. The van der Waals surface area contributed by atoms with Gasteiger partial charge in [-0.25, -0.2) is 0 Å². The quantitative estimate of drug-likeness (QED) is 0.222. The van der Waals surface area contributed by atoms with E-state index in [4.69, 9.17) is 4.43 Å². The second kappa shape index (κ2) is 7.93. The van der Waals surface area contributed by atoms with Crippen molar-refractivity contribution >= 4 is 31.6 Å². The highest BCUT2D eigenvalue weighted by molar-refractivity contribution is 14.1. The van der Waals surface area contributed by atoms with E-state index in [1.165, 1.54) is 25.7 Å². The van der Waals surface area contributed by atoms with Crippen molar-refractivity contribution in [2.75, 3.05) is 0 Å². The monoisotopic (exact) mass is 381 g/mol. The molecule has 1 unspecified atom stereocenters. The van der Waals surface area contributed by atoms with Gasteiger partial charge in [0.2, 0.25) is 0 Å². The predicted octanol–water partition coefficient (Wildman–Crippen LogP) is 6.16. The zero-order chi connectivity index (χ0) is 14.4. The second-order valence-corrected chi connectivity index (χ2v) is 9.67. The number of halogens is 1. The minimum absolute atomic E-state index is 0.218. The number of unbranched alkanes of at least 4 members (excludes halogenated alkanes) is 2. The van der Waals surface area contributed by atoms with E-state index < -0.39 is 9.04 Å². The topological polar surface area (TPSA) is 9.23 Å². The van der Waals surface area contributed by atoms with Crippen molar-refractivity contribution in [2.45, 2.75) is 73.4 Å². The van der Waals surface area contributed by atoms with Gasteiger partial charge in [0.15, 0.2) is 0 Å². The van der Waals surface area contributed by atoms with Crippen LogP contribution in [0.4, 0.5) is 0 Å². The van der Waals surface area contributed by atoms with Gasteiger partial charge in [0.25, 0.3) is 9.04 Å². The lowest BCUT2D eigenvalue weighted by Gasteiger charge is -2.40. The van der Waals surface area contributed by atoms with Crippen LogP contribution in [0, 0.1) is 10.8 Å². The SMILES string of the molecule is CCCCCC(C)(C=C(I)O[Si](C)C)C(C)(C)C. The number of allylic oxidation sites excluding steroid dienone is 1. The lowest BCUT2D eigenvalue weighted by atomic mass is 9.65. The molecule has 1 radical (unpaired) electrons. The molecular formula is C15H30IOSi. The van der Waals surface area contributed by atoms with Crippen LogP contribution in [0.5, 0.6) is 0 Å². The summed E-state index contributed by atoms with van der Waals surface area (Å²) in [5.41, 5.74) is 0.491. The second-order valence-electron chi connectivity index (χ2n) is 6.58. The molecule has 0 aliphatic carbocycles. The Kier molecular flexibility index (Phi) is 8.14. The first-order valence-corrected chi connectivity index (χ1v) is 10.5. The third kappa shape index (κ3) is 6.59. The van der Waals surface area contributed by atoms with Crippen molar-refractivity contribution in [1.82, 2.24) is 0 Å². The number of hydrogen-bond acceptors (Lipinski definition) is 1. The molecule has 0 spiro atoms. The molecule has 0 aliphatic heterocycles. The first-order chi connectivity index (χ1) is 8.12. The summed E-state index contributed by atoms with van der Waals surface area (Å²) in [6, 6.07) is 0. The normalized spacial score (nSPS) is 16.8. The minimum Gasteiger partial charge on any atom is -0.539 e. The lowest BCUT2D eigenvalue weighted by molar-refractivity contribution is 0.148. The maximum absolute atomic E-state index is 5.90. The van der Waals surface area contributed by atoms with Gasteiger partial charge in [-0.2, -0.15) is 0 Å². The third-order valence-electron chi connectivity index (χ3n) is 3.75. The summed E-state index contributed by atoms with van der Waals surface area (Å²) in [5.74, 6) is 0. The van der Waals surface area contributed by atoms with E-state index in [9.17, 15) is 0 Å². The Bertz CT molecular complexity index is 268. The molecule has 0 N–H and O–H groups in total. The maximum Gasteiger partial charge on any atom is 0.274 e. The molecular weight excluding hydrogens is 351 g/mol. The summed E-state index contributed by atoms with van der Waals surface area (Å²) >= 11 is 2.35. The summed E-state index contributed by atoms with van der Waals surface area (Å²) in [6.45, 7) is 16.0. The van der Waals surface area contributed by atoms with Crippen LogP contribution in [0.25, 0.3) is 0 Å². The molecule has 107 valence electrons. The van der Waals surface area contributed by atoms with Gasteiger partial charge in [-0.1, -0.05) is 53.9 Å². The van der Waals surface area contributed by atoms with Crippen molar-refractivity contribution in [3.63, 3.8) is 0 Å². The van der Waals surface area contributed by atoms with E-state index in [2.05, 4.69) is 76.4 Å². The van der Waals surface area contributed by atoms with Gasteiger partial charge in [0.05, 0.1) is 0 Å². The van der Waals surface area contributed by atoms with Gasteiger partial charge in [0.1, 0.15) is 3.77 Å². The van der Waals surface area contributed by atoms with Crippen molar-refractivity contribution in [3.8, 4) is 0 Å². The minimum atomic E-state index is -0.651. The molecule has 0 aromatic carbocycles. The fraction of sp³-hybridized carbons (Fsp3) is 0.867. The fourth-order valence-corrected chi connectivity index (χ4v) is 4.34. The van der Waals surface area contributed by atoms with Gasteiger partial charge < -0.3 is 4.43 Å². The third-order valence-corrected chi connectivity index (χ3v) is 5.32. The zero-order valence-electron chi connectivity index (χ0n) is 13.2. The largest absolute Gasteiger partial charge is 0.539 e. The standard InChI is InChI=1S/C15H30IOSi/c1-8-9-10-11-15(5,14(2,3)4)12-13(16)17-18(6)7/h12H,8-11H2,1-7H3. The molecule has 0 aromatic rings. The Morgan fingerprint density at radius 3 is 2.11 bits per heavy atom. The molecule has 18 heavy (non-hydrogen) atoms. The Labute approximate surface area is 130 Å². The molecule has 0 rings (SSSR count). The number of rotatable bonds is 7.